The van der Waals surface area contributed by atoms with Crippen molar-refractivity contribution in [3.63, 3.8) is 0 Å². The number of hydrogen-bond donors (Lipinski definition) is 2. The van der Waals surface area contributed by atoms with E-state index in [9.17, 15) is 0 Å². The van der Waals surface area contributed by atoms with E-state index in [1.165, 1.54) is 5.69 Å². The number of hydrogen-bond acceptors (Lipinski definition) is 2. The molecule has 0 bridgehead atoms. The van der Waals surface area contributed by atoms with Crippen LogP contribution in [-0.4, -0.2) is 26.5 Å². The molecule has 2 atom stereocenters. The number of thiocarbonyl (C=S) groups is 1. The number of rotatable bonds is 4. The summed E-state index contributed by atoms with van der Waals surface area (Å²) in [6.45, 7) is 7.44. The molecule has 2 aromatic heterocycles. The second kappa shape index (κ2) is 6.08. The third-order valence-corrected chi connectivity index (χ3v) is 4.29. The van der Waals surface area contributed by atoms with Crippen LogP contribution in [0.1, 0.15) is 43.0 Å². The van der Waals surface area contributed by atoms with E-state index in [-0.39, 0.29) is 12.1 Å². The van der Waals surface area contributed by atoms with Crippen LogP contribution in [0.25, 0.3) is 0 Å². The summed E-state index contributed by atoms with van der Waals surface area (Å²) in [5, 5.41) is 4.27. The lowest BCUT2D eigenvalue weighted by molar-refractivity contribution is 0.283. The third-order valence-electron chi connectivity index (χ3n) is 3.93. The van der Waals surface area contributed by atoms with Gasteiger partial charge < -0.3 is 15.2 Å². The Morgan fingerprint density at radius 3 is 2.68 bits per heavy atom. The van der Waals surface area contributed by atoms with Gasteiger partial charge in [-0.1, -0.05) is 19.9 Å². The van der Waals surface area contributed by atoms with Crippen LogP contribution in [-0.2, 0) is 0 Å². The summed E-state index contributed by atoms with van der Waals surface area (Å²) in [4.78, 5) is 10.3. The lowest BCUT2D eigenvalue weighted by Crippen LogP contribution is -2.33. The van der Waals surface area contributed by atoms with E-state index >= 15 is 0 Å². The van der Waals surface area contributed by atoms with Crippen molar-refractivity contribution in [1.82, 2.24) is 20.2 Å². The van der Waals surface area contributed by atoms with E-state index in [0.717, 1.165) is 23.0 Å². The minimum atomic E-state index is 0.0745. The van der Waals surface area contributed by atoms with Crippen molar-refractivity contribution < 1.29 is 0 Å². The van der Waals surface area contributed by atoms with Gasteiger partial charge >= 0.3 is 0 Å². The molecule has 0 radical (unpaired) electrons. The van der Waals surface area contributed by atoms with Crippen LogP contribution in [0, 0.1) is 12.8 Å². The molecular formula is C17H22N4S. The van der Waals surface area contributed by atoms with E-state index in [2.05, 4.69) is 59.2 Å². The number of nitrogens with one attached hydrogen (secondary N) is 2. The molecule has 5 heteroatoms. The molecule has 1 fully saturated rings. The van der Waals surface area contributed by atoms with E-state index < -0.39 is 0 Å². The Balaban J connectivity index is 2.00. The van der Waals surface area contributed by atoms with Gasteiger partial charge in [0.1, 0.15) is 0 Å². The van der Waals surface area contributed by atoms with Crippen molar-refractivity contribution in [1.29, 1.82) is 0 Å². The first-order valence-corrected chi connectivity index (χ1v) is 8.10. The minimum absolute atomic E-state index is 0.0745. The van der Waals surface area contributed by atoms with Crippen LogP contribution in [0.5, 0.6) is 0 Å². The lowest BCUT2D eigenvalue weighted by atomic mass is 10.0. The van der Waals surface area contributed by atoms with Gasteiger partial charge in [-0.25, -0.2) is 0 Å². The van der Waals surface area contributed by atoms with Gasteiger partial charge in [0.25, 0.3) is 0 Å². The summed E-state index contributed by atoms with van der Waals surface area (Å²) in [5.41, 5.74) is 3.37. The van der Waals surface area contributed by atoms with Gasteiger partial charge in [0.2, 0.25) is 0 Å². The van der Waals surface area contributed by atoms with Crippen LogP contribution < -0.4 is 5.32 Å². The molecule has 22 heavy (non-hydrogen) atoms. The van der Waals surface area contributed by atoms with Crippen molar-refractivity contribution in [2.45, 2.75) is 32.9 Å². The Hall–Kier alpha value is -1.88. The largest absolute Gasteiger partial charge is 0.361 e. The zero-order valence-electron chi connectivity index (χ0n) is 13.2. The summed E-state index contributed by atoms with van der Waals surface area (Å²) >= 11 is 5.59. The molecule has 2 unspecified atom stereocenters. The second-order valence-electron chi connectivity index (χ2n) is 6.27. The van der Waals surface area contributed by atoms with Gasteiger partial charge in [0, 0.05) is 24.1 Å². The summed E-state index contributed by atoms with van der Waals surface area (Å²) in [5.74, 6) is 0.542. The molecule has 1 saturated heterocycles. The highest BCUT2D eigenvalue weighted by atomic mass is 32.1. The maximum atomic E-state index is 5.59. The van der Waals surface area contributed by atoms with Crippen molar-refractivity contribution in [2.24, 2.45) is 5.92 Å². The molecular weight excluding hydrogens is 292 g/mol. The quantitative estimate of drug-likeness (QED) is 0.850. The van der Waals surface area contributed by atoms with Gasteiger partial charge in [-0.05, 0) is 49.3 Å². The smallest absolute Gasteiger partial charge is 0.170 e. The monoisotopic (exact) mass is 314 g/mol. The van der Waals surface area contributed by atoms with Crippen LogP contribution in [0.2, 0.25) is 0 Å². The summed E-state index contributed by atoms with van der Waals surface area (Å²) in [6, 6.07) is 10.5. The fourth-order valence-electron chi connectivity index (χ4n) is 3.03. The Morgan fingerprint density at radius 2 is 2.09 bits per heavy atom. The molecule has 0 aliphatic carbocycles. The maximum absolute atomic E-state index is 5.59. The molecule has 116 valence electrons. The molecule has 1 aliphatic rings. The van der Waals surface area contributed by atoms with Crippen LogP contribution in [0.15, 0.2) is 36.5 Å². The summed E-state index contributed by atoms with van der Waals surface area (Å²) in [6.07, 6.45) is 1.84. The standard InChI is InChI=1S/C17H22N4S/c1-11(2)10-21-16(14-8-7-12(3)19-14)15(20-17(21)22)13-6-4-5-9-18-13/h4-9,11,15-16,19H,10H2,1-3H3,(H,20,22). The van der Waals surface area contributed by atoms with Crippen molar-refractivity contribution >= 4 is 17.3 Å². The number of aromatic nitrogens is 2. The molecule has 0 spiro atoms. The minimum Gasteiger partial charge on any atom is -0.361 e. The number of aromatic amines is 1. The average molecular weight is 314 g/mol. The summed E-state index contributed by atoms with van der Waals surface area (Å²) in [7, 11) is 0. The first-order valence-electron chi connectivity index (χ1n) is 7.70. The number of pyridine rings is 1. The molecule has 0 aromatic carbocycles. The van der Waals surface area contributed by atoms with Crippen LogP contribution in [0.3, 0.4) is 0 Å². The highest BCUT2D eigenvalue weighted by Gasteiger charge is 2.40. The van der Waals surface area contributed by atoms with Crippen LogP contribution in [0.4, 0.5) is 0 Å². The number of aryl methyl sites for hydroxylation is 1. The molecule has 0 amide bonds. The Bertz CT molecular complexity index is 650. The fraction of sp³-hybridized carbons (Fsp3) is 0.412. The van der Waals surface area contributed by atoms with Gasteiger partial charge in [-0.2, -0.15) is 0 Å². The van der Waals surface area contributed by atoms with Crippen molar-refractivity contribution in [2.75, 3.05) is 6.54 Å². The number of H-pyrrole nitrogens is 1. The highest BCUT2D eigenvalue weighted by molar-refractivity contribution is 7.80. The van der Waals surface area contributed by atoms with Gasteiger partial charge in [-0.3, -0.25) is 4.98 Å². The average Bonchev–Trinajstić information content (AvgIpc) is 3.04. The summed E-state index contributed by atoms with van der Waals surface area (Å²) < 4.78 is 0. The van der Waals surface area contributed by atoms with E-state index in [1.54, 1.807) is 0 Å². The maximum Gasteiger partial charge on any atom is 0.170 e. The van der Waals surface area contributed by atoms with Gasteiger partial charge in [0.05, 0.1) is 17.8 Å². The SMILES string of the molecule is Cc1ccc(C2C(c3ccccn3)NC(=S)N2CC(C)C)[nH]1. The first kappa shape index (κ1) is 15.0. The molecule has 3 heterocycles. The normalized spacial score (nSPS) is 21.5. The van der Waals surface area contributed by atoms with E-state index in [4.69, 9.17) is 12.2 Å². The Kier molecular flexibility index (Phi) is 4.16. The molecule has 1 aliphatic heterocycles. The van der Waals surface area contributed by atoms with E-state index in [0.29, 0.717) is 5.92 Å². The van der Waals surface area contributed by atoms with Crippen molar-refractivity contribution in [3.8, 4) is 0 Å². The Morgan fingerprint density at radius 1 is 1.27 bits per heavy atom. The second-order valence-corrected chi connectivity index (χ2v) is 6.66. The molecule has 2 N–H and O–H groups in total. The number of nitrogens with zero attached hydrogens (tertiary/aromatic N) is 2. The fourth-order valence-corrected chi connectivity index (χ4v) is 3.35. The molecule has 2 aromatic rings. The van der Waals surface area contributed by atoms with Gasteiger partial charge in [-0.15, -0.1) is 0 Å². The molecule has 0 saturated carbocycles. The Labute approximate surface area is 136 Å². The van der Waals surface area contributed by atoms with Gasteiger partial charge in [0.15, 0.2) is 5.11 Å². The van der Waals surface area contributed by atoms with Crippen molar-refractivity contribution in [3.05, 3.63) is 53.6 Å². The lowest BCUT2D eigenvalue weighted by Gasteiger charge is -2.28. The molecule has 3 rings (SSSR count). The first-order chi connectivity index (χ1) is 10.6. The van der Waals surface area contributed by atoms with Crippen LogP contribution >= 0.6 is 12.2 Å². The predicted molar refractivity (Wildman–Crippen MR) is 92.5 cm³/mol. The zero-order chi connectivity index (χ0) is 15.7. The third kappa shape index (κ3) is 2.86. The van der Waals surface area contributed by atoms with E-state index in [1.807, 2.05) is 18.3 Å². The predicted octanol–water partition coefficient (Wildman–Crippen LogP) is 3.35. The highest BCUT2D eigenvalue weighted by Crippen LogP contribution is 2.38. The molecule has 4 nitrogen and oxygen atoms in total. The topological polar surface area (TPSA) is 44.0 Å². The zero-order valence-corrected chi connectivity index (χ0v) is 14.0.